The monoisotopic (exact) mass is 396 g/mol. The topological polar surface area (TPSA) is 43.6 Å². The first-order valence-corrected chi connectivity index (χ1v) is 9.58. The van der Waals surface area contributed by atoms with Gasteiger partial charge in [0.25, 0.3) is 0 Å². The van der Waals surface area contributed by atoms with Crippen LogP contribution in [0.1, 0.15) is 5.56 Å². The zero-order valence-corrected chi connectivity index (χ0v) is 15.7. The molecule has 0 radical (unpaired) electrons. The van der Waals surface area contributed by atoms with Crippen molar-refractivity contribution >= 4 is 40.2 Å². The fourth-order valence-electron chi connectivity index (χ4n) is 2.75. The van der Waals surface area contributed by atoms with Gasteiger partial charge in [0.05, 0.1) is 11.4 Å². The van der Waals surface area contributed by atoms with Gasteiger partial charge in [-0.25, -0.2) is 4.39 Å². The molecule has 4 aromatic rings. The summed E-state index contributed by atoms with van der Waals surface area (Å²) in [6.45, 7) is 0. The number of tetrazole rings is 1. The van der Waals surface area contributed by atoms with Gasteiger partial charge in [-0.2, -0.15) is 4.68 Å². The average Bonchev–Trinajstić information content (AvgIpc) is 3.16. The van der Waals surface area contributed by atoms with E-state index in [9.17, 15) is 4.39 Å². The van der Waals surface area contributed by atoms with Gasteiger partial charge in [0.15, 0.2) is 0 Å². The van der Waals surface area contributed by atoms with E-state index in [0.717, 1.165) is 16.5 Å². The molecule has 0 amide bonds. The molecule has 7 heteroatoms. The van der Waals surface area contributed by atoms with Crippen molar-refractivity contribution in [3.63, 3.8) is 0 Å². The van der Waals surface area contributed by atoms with Crippen LogP contribution < -0.4 is 0 Å². The molecule has 0 spiro atoms. The third-order valence-electron chi connectivity index (χ3n) is 3.99. The van der Waals surface area contributed by atoms with Crippen molar-refractivity contribution < 1.29 is 4.39 Å². The predicted molar refractivity (Wildman–Crippen MR) is 108 cm³/mol. The number of halogens is 2. The van der Waals surface area contributed by atoms with Gasteiger partial charge in [-0.05, 0) is 39.6 Å². The fourth-order valence-corrected chi connectivity index (χ4v) is 3.64. The third-order valence-corrected chi connectivity index (χ3v) is 5.27. The number of thioether (sulfide) groups is 1. The van der Waals surface area contributed by atoms with Crippen LogP contribution in [0, 0.1) is 0 Å². The highest BCUT2D eigenvalue weighted by molar-refractivity contribution is 7.99. The third kappa shape index (κ3) is 3.86. The Balaban J connectivity index is 1.59. The van der Waals surface area contributed by atoms with Crippen LogP contribution >= 0.6 is 23.4 Å². The highest BCUT2D eigenvalue weighted by Gasteiger charge is 2.12. The van der Waals surface area contributed by atoms with E-state index in [2.05, 4.69) is 15.5 Å². The molecule has 0 bridgehead atoms. The van der Waals surface area contributed by atoms with Crippen molar-refractivity contribution in [2.75, 3.05) is 5.75 Å². The van der Waals surface area contributed by atoms with Crippen molar-refractivity contribution in [2.24, 2.45) is 0 Å². The summed E-state index contributed by atoms with van der Waals surface area (Å²) in [6, 6.07) is 21.0. The highest BCUT2D eigenvalue weighted by atomic mass is 35.5. The van der Waals surface area contributed by atoms with Gasteiger partial charge in [-0.3, -0.25) is 0 Å². The number of hydrogen-bond acceptors (Lipinski definition) is 4. The fraction of sp³-hybridized carbons (Fsp3) is 0.0500. The average molecular weight is 397 g/mol. The van der Waals surface area contributed by atoms with Crippen molar-refractivity contribution in [1.29, 1.82) is 0 Å². The smallest absolute Gasteiger partial charge is 0.211 e. The summed E-state index contributed by atoms with van der Waals surface area (Å²) >= 11 is 7.31. The Hall–Kier alpha value is -2.70. The molecule has 0 saturated heterocycles. The Labute approximate surface area is 164 Å². The second-order valence-corrected chi connectivity index (χ2v) is 7.12. The van der Waals surface area contributed by atoms with E-state index in [1.54, 1.807) is 16.8 Å². The maximum absolute atomic E-state index is 14.4. The molecule has 0 aliphatic heterocycles. The van der Waals surface area contributed by atoms with Gasteiger partial charge >= 0.3 is 0 Å². The molecule has 0 atom stereocenters. The Morgan fingerprint density at radius 3 is 2.70 bits per heavy atom. The molecule has 0 saturated carbocycles. The lowest BCUT2D eigenvalue weighted by atomic mass is 10.1. The number of nitrogens with zero attached hydrogens (tertiary/aromatic N) is 4. The SMILES string of the molecule is F/C(=C\c1ccccc1Cl)CSc1nnnn1-c1cccc2ccccc12. The molecule has 4 nitrogen and oxygen atoms in total. The summed E-state index contributed by atoms with van der Waals surface area (Å²) in [6.07, 6.45) is 1.43. The van der Waals surface area contributed by atoms with Crippen molar-refractivity contribution in [1.82, 2.24) is 20.2 Å². The second-order valence-electron chi connectivity index (χ2n) is 5.77. The van der Waals surface area contributed by atoms with Crippen LogP contribution in [0.3, 0.4) is 0 Å². The largest absolute Gasteiger partial charge is 0.214 e. The molecule has 27 heavy (non-hydrogen) atoms. The first-order valence-electron chi connectivity index (χ1n) is 8.22. The van der Waals surface area contributed by atoms with Crippen LogP contribution in [0.2, 0.25) is 5.02 Å². The molecule has 1 heterocycles. The van der Waals surface area contributed by atoms with Gasteiger partial charge in [0.2, 0.25) is 5.16 Å². The van der Waals surface area contributed by atoms with Crippen LogP contribution in [-0.4, -0.2) is 26.0 Å². The molecule has 0 unspecified atom stereocenters. The lowest BCUT2D eigenvalue weighted by molar-refractivity contribution is 0.651. The Morgan fingerprint density at radius 2 is 1.81 bits per heavy atom. The van der Waals surface area contributed by atoms with E-state index in [1.807, 2.05) is 54.6 Å². The van der Waals surface area contributed by atoms with Crippen LogP contribution in [0.5, 0.6) is 0 Å². The lowest BCUT2D eigenvalue weighted by Crippen LogP contribution is -2.00. The van der Waals surface area contributed by atoms with E-state index in [-0.39, 0.29) is 11.6 Å². The zero-order chi connectivity index (χ0) is 18.6. The number of benzene rings is 3. The van der Waals surface area contributed by atoms with Gasteiger partial charge < -0.3 is 0 Å². The number of rotatable bonds is 5. The molecule has 0 aliphatic rings. The summed E-state index contributed by atoms with van der Waals surface area (Å²) in [5.41, 5.74) is 1.50. The Bertz CT molecular complexity index is 1120. The second kappa shape index (κ2) is 7.90. The quantitative estimate of drug-likeness (QED) is 0.413. The molecular formula is C20H14ClFN4S. The summed E-state index contributed by atoms with van der Waals surface area (Å²) in [4.78, 5) is 0. The number of hydrogen-bond donors (Lipinski definition) is 0. The molecule has 0 fully saturated rings. The summed E-state index contributed by atoms with van der Waals surface area (Å²) in [5, 5.41) is 15.0. The van der Waals surface area contributed by atoms with Crippen LogP contribution in [0.4, 0.5) is 4.39 Å². The highest BCUT2D eigenvalue weighted by Crippen LogP contribution is 2.27. The molecule has 4 rings (SSSR count). The normalized spacial score (nSPS) is 11.9. The molecule has 0 N–H and O–H groups in total. The Morgan fingerprint density at radius 1 is 1.04 bits per heavy atom. The van der Waals surface area contributed by atoms with Crippen molar-refractivity contribution in [2.45, 2.75) is 5.16 Å². The van der Waals surface area contributed by atoms with E-state index in [4.69, 9.17) is 11.6 Å². The molecule has 1 aromatic heterocycles. The van der Waals surface area contributed by atoms with Gasteiger partial charge in [0.1, 0.15) is 5.83 Å². The van der Waals surface area contributed by atoms with E-state index >= 15 is 0 Å². The maximum Gasteiger partial charge on any atom is 0.214 e. The molecule has 3 aromatic carbocycles. The predicted octanol–water partition coefficient (Wildman–Crippen LogP) is 5.57. The van der Waals surface area contributed by atoms with Crippen molar-refractivity contribution in [3.8, 4) is 5.69 Å². The number of aromatic nitrogens is 4. The summed E-state index contributed by atoms with van der Waals surface area (Å²) in [7, 11) is 0. The van der Waals surface area contributed by atoms with Gasteiger partial charge in [-0.15, -0.1) is 5.10 Å². The minimum atomic E-state index is -0.305. The van der Waals surface area contributed by atoms with Gasteiger partial charge in [-0.1, -0.05) is 78.0 Å². The summed E-state index contributed by atoms with van der Waals surface area (Å²) < 4.78 is 16.0. The van der Waals surface area contributed by atoms with Crippen LogP contribution in [0.15, 0.2) is 77.7 Å². The van der Waals surface area contributed by atoms with Crippen LogP contribution in [0.25, 0.3) is 22.5 Å². The van der Waals surface area contributed by atoms with Crippen LogP contribution in [-0.2, 0) is 0 Å². The standard InChI is InChI=1S/C20H14ClFN4S/c21-18-10-4-2-7-15(18)12-16(22)13-27-20-23-24-25-26(20)19-11-5-8-14-6-1-3-9-17(14)19/h1-12H,13H2/b16-12-. The minimum absolute atomic E-state index is 0.108. The summed E-state index contributed by atoms with van der Waals surface area (Å²) in [5.74, 6) is -0.198. The molecule has 134 valence electrons. The van der Waals surface area contributed by atoms with Gasteiger partial charge in [0, 0.05) is 10.4 Å². The van der Waals surface area contributed by atoms with E-state index in [1.165, 1.54) is 17.8 Å². The minimum Gasteiger partial charge on any atom is -0.211 e. The first kappa shape index (κ1) is 17.7. The zero-order valence-electron chi connectivity index (χ0n) is 14.1. The number of fused-ring (bicyclic) bond motifs is 1. The van der Waals surface area contributed by atoms with E-state index in [0.29, 0.717) is 15.7 Å². The van der Waals surface area contributed by atoms with E-state index < -0.39 is 0 Å². The first-order chi connectivity index (χ1) is 13.2. The molecule has 0 aliphatic carbocycles. The lowest BCUT2D eigenvalue weighted by Gasteiger charge is -2.07. The Kier molecular flexibility index (Phi) is 5.18. The van der Waals surface area contributed by atoms with Crippen molar-refractivity contribution in [3.05, 3.63) is 83.1 Å². The maximum atomic E-state index is 14.4. The molecular weight excluding hydrogens is 383 g/mol.